The first-order chi connectivity index (χ1) is 57.2. The van der Waals surface area contributed by atoms with Crippen LogP contribution in [0.1, 0.15) is 112 Å². The van der Waals surface area contributed by atoms with Crippen molar-refractivity contribution in [2.24, 2.45) is 38.2 Å². The summed E-state index contributed by atoms with van der Waals surface area (Å²) in [6.45, 7) is 30.0. The van der Waals surface area contributed by atoms with E-state index in [-0.39, 0.29) is 144 Å². The van der Waals surface area contributed by atoms with Gasteiger partial charge in [0, 0.05) is 141 Å². The van der Waals surface area contributed by atoms with Gasteiger partial charge in [0.15, 0.2) is 12.8 Å². The van der Waals surface area contributed by atoms with E-state index in [9.17, 15) is 78.1 Å². The smallest absolute Gasteiger partial charge is 0.330 e. The van der Waals surface area contributed by atoms with E-state index < -0.39 is 59.3 Å². The molecule has 42 nitrogen and oxygen atoms in total. The average Bonchev–Trinajstić information content (AvgIpc) is 1.49. The SMILES string of the molecule is C=C.CCOC(=O)/C=C/CC1(C[N+](=O)[O-])COC1.CCOC(=O)C=C1COC1.CCOC(=O)CC1(C[N+](=O)[O-])COC1.CCOC(=O)CCCC1(CN)COC1.CCOC(=O)CP(C)(C)=O.C[N+](=O)[O-].N.O.O=C1CCCC2(CN1)COC2.O=C1COC1.O=CCC1(C[N+](=O)[O-])COC1.O=S(Cl)Cl.O=c1c2ccc(Br)cc2nc2n1CC1(CCC2)COC1.[CH3-].[HH].[Pd]. The number of allylic oxidation sites excluding steroid dienone is 1. The first-order valence-electron chi connectivity index (χ1n) is 38.8. The molecule has 0 bridgehead atoms. The number of nitro groups is 4. The number of benzene rings is 1. The normalized spacial score (nSPS) is 17.6. The number of aryl methyl sites for hydroxylation is 1. The standard InChI is InChI=1S/C15H15BrN2O2.C10H15NO5.C10H19NO3.C8H13NO5.C8H13NO2.C7H10O3.C6H9NO4.C6H13O3P.C3H4O2.C2H4.CH3NO2.CH3.Cl2OS.H3N.H2O.Pd.H2/c16-10-3-4-11-12(6-10)17-13-2-1-5-15(8-20-9-15)7-18(13)14(11)19;1-2-16-9(12)4-3-5-10(6-11(13)14)7-15-8-10;1-2-14-9(12)4-3-5-10(6-11)7-13-8-10;1-2-14-7(10)3-8(4-9(11)12)5-13-6-8;10-7-2-1-3-8(4-9-7)5-11-6-8;1-2-10-7(8)3-6-4-9-5-6;8-2-1-6(3-7(9)10)4-11-5-6;1-4-9-6(7)5-10(2,3)8;4-3-1-5-2-3;1-2;1-2(3)4;;1-4(2)3;;;;/h3-4,6H,1-2,5,7-9H2;3-4H,2,5-8H2,1H3;2-8,11H2,1H3;2-6H2,1H3;1-6H2,(H,9,10);3H,2,4-5H2,1H3;2H,1,3-5H2;4-5H2,1-3H3;1-2H2;1-2H2;1H3;1H3;;1H3;1H2;;1H/q;;;;;;;;;;;-1;;;;;/b;4-3+;;;;;;;;;;;;;;;. The van der Waals surface area contributed by atoms with Crippen LogP contribution in [0.5, 0.6) is 0 Å². The number of hydrogen-bond acceptors (Lipinski definition) is 35. The number of ketones is 1. The van der Waals surface area contributed by atoms with Crippen LogP contribution < -0.4 is 22.8 Å². The van der Waals surface area contributed by atoms with Gasteiger partial charge in [-0.3, -0.25) is 73.8 Å². The van der Waals surface area contributed by atoms with E-state index in [1.807, 2.05) is 29.7 Å². The Morgan fingerprint density at radius 3 is 1.49 bits per heavy atom. The van der Waals surface area contributed by atoms with Crippen molar-refractivity contribution in [1.82, 2.24) is 21.0 Å². The summed E-state index contributed by atoms with van der Waals surface area (Å²) in [4.78, 5) is 141. The van der Waals surface area contributed by atoms with Crippen LogP contribution in [0.25, 0.3) is 10.9 Å². The molecular weight excluding hydrogens is 1900 g/mol. The Kier molecular flexibility index (Phi) is 66.0. The third-order valence-electron chi connectivity index (χ3n) is 18.4. The van der Waals surface area contributed by atoms with Gasteiger partial charge in [-0.25, -0.2) is 18.8 Å². The van der Waals surface area contributed by atoms with E-state index in [2.05, 4.69) is 70.0 Å². The molecule has 722 valence electrons. The van der Waals surface area contributed by atoms with Gasteiger partial charge in [-0.2, -0.15) is 0 Å². The van der Waals surface area contributed by atoms with Crippen molar-refractivity contribution in [3.63, 3.8) is 0 Å². The maximum absolute atomic E-state index is 12.7. The van der Waals surface area contributed by atoms with Crippen LogP contribution in [0.15, 0.2) is 64.4 Å². The van der Waals surface area contributed by atoms with Crippen molar-refractivity contribution < 1.29 is 156 Å². The van der Waals surface area contributed by atoms with E-state index in [0.717, 1.165) is 126 Å². The summed E-state index contributed by atoms with van der Waals surface area (Å²) in [7, 11) is 6.02. The summed E-state index contributed by atoms with van der Waals surface area (Å²) in [5.74, 6) is -0.212. The second-order valence-corrected chi connectivity index (χ2v) is 36.7. The summed E-state index contributed by atoms with van der Waals surface area (Å²) in [5, 5.41) is 43.3. The van der Waals surface area contributed by atoms with E-state index in [1.165, 1.54) is 12.2 Å². The molecule has 10 aliphatic heterocycles. The summed E-state index contributed by atoms with van der Waals surface area (Å²) in [6.07, 6.45) is 14.2. The number of nitrogens with two attached hydrogens (primary N) is 1. The maximum Gasteiger partial charge on any atom is 0.330 e. The molecule has 48 heteroatoms. The van der Waals surface area contributed by atoms with Crippen LogP contribution in [-0.4, -0.2) is 285 Å². The minimum Gasteiger partial charge on any atom is -0.466 e. The number of halogens is 3. The van der Waals surface area contributed by atoms with E-state index in [1.54, 1.807) is 47.1 Å². The zero-order valence-corrected chi connectivity index (χ0v) is 78.9. The molecule has 0 aliphatic carbocycles. The van der Waals surface area contributed by atoms with Gasteiger partial charge < -0.3 is 101 Å². The average molecular weight is 2030 g/mol. The number of esters is 5. The van der Waals surface area contributed by atoms with Crippen LogP contribution in [0, 0.1) is 80.4 Å². The van der Waals surface area contributed by atoms with Crippen molar-refractivity contribution in [3.05, 3.63) is 124 Å². The Bertz CT molecular complexity index is 3820. The topological polar surface area (TPSA) is 603 Å². The van der Waals surface area contributed by atoms with Gasteiger partial charge in [0.05, 0.1) is 172 Å². The van der Waals surface area contributed by atoms with Crippen molar-refractivity contribution in [2.45, 2.75) is 118 Å². The second kappa shape index (κ2) is 66.4. The van der Waals surface area contributed by atoms with Gasteiger partial charge in [-0.15, -0.1) is 13.2 Å². The van der Waals surface area contributed by atoms with Crippen molar-refractivity contribution >= 4 is 112 Å². The second-order valence-electron chi connectivity index (χ2n) is 29.8. The molecule has 1 aromatic heterocycles. The first kappa shape index (κ1) is 124. The zero-order valence-electron chi connectivity index (χ0n) is 72.6. The molecule has 8 N–H and O–H groups in total. The van der Waals surface area contributed by atoms with E-state index >= 15 is 0 Å². The van der Waals surface area contributed by atoms with Gasteiger partial charge in [0.2, 0.25) is 34.8 Å². The number of carbonyl (C=O) groups is 8. The number of fused-ring (bicyclic) bond motifs is 2. The molecule has 125 heavy (non-hydrogen) atoms. The first-order valence-corrected chi connectivity index (χ1v) is 45.2. The Labute approximate surface area is 762 Å². The molecule has 11 heterocycles. The molecule has 0 radical (unpaired) electrons. The van der Waals surface area contributed by atoms with Crippen molar-refractivity contribution in [1.29, 1.82) is 0 Å². The van der Waals surface area contributed by atoms with Crippen LogP contribution >= 0.6 is 44.4 Å². The fourth-order valence-electron chi connectivity index (χ4n) is 12.0. The summed E-state index contributed by atoms with van der Waals surface area (Å²) >= 11 is 3.44. The maximum atomic E-state index is 12.7. The van der Waals surface area contributed by atoms with E-state index in [4.69, 9.17) is 72.4 Å². The summed E-state index contributed by atoms with van der Waals surface area (Å²) < 4.78 is 86.2. The third kappa shape index (κ3) is 52.3. The Morgan fingerprint density at radius 1 is 0.672 bits per heavy atom. The number of nitrogens with zero attached hydrogens (tertiary/aromatic N) is 6. The quantitative estimate of drug-likeness (QED) is 0.00704. The molecule has 2 aromatic rings. The van der Waals surface area contributed by atoms with Crippen LogP contribution in [-0.2, 0) is 147 Å². The Morgan fingerprint density at radius 2 is 1.10 bits per heavy atom. The number of aromatic nitrogens is 2. The fourth-order valence-corrected chi connectivity index (χ4v) is 13.1. The monoisotopic (exact) mass is 2020 g/mol. The van der Waals surface area contributed by atoms with Gasteiger partial charge in [-0.1, -0.05) is 22.0 Å². The van der Waals surface area contributed by atoms with Gasteiger partial charge in [0.25, 0.3) is 5.56 Å². The Balaban J connectivity index is -0.000000434. The van der Waals surface area contributed by atoms with Crippen molar-refractivity contribution in [2.75, 3.05) is 198 Å². The van der Waals surface area contributed by atoms with Gasteiger partial charge >= 0.3 is 29.8 Å². The van der Waals surface area contributed by atoms with E-state index in [0.29, 0.717) is 129 Å². The number of aldehydes is 1. The number of rotatable bonds is 26. The zero-order chi connectivity index (χ0) is 91.3. The Hall–Kier alpha value is -7.00. The molecule has 2 spiro atoms. The molecule has 0 unspecified atom stereocenters. The molecular formula is C77H128BrCl2N9O33PPdS-. The molecule has 0 saturated carbocycles. The van der Waals surface area contributed by atoms with Gasteiger partial charge in [0.1, 0.15) is 25.3 Å². The predicted molar refractivity (Wildman–Crippen MR) is 464 cm³/mol. The summed E-state index contributed by atoms with van der Waals surface area (Å²) in [5.41, 5.74) is 6.60. The summed E-state index contributed by atoms with van der Waals surface area (Å²) in [6, 6.07) is 5.68. The van der Waals surface area contributed by atoms with Crippen LogP contribution in [0.3, 0.4) is 0 Å². The van der Waals surface area contributed by atoms with Crippen LogP contribution in [0.4, 0.5) is 0 Å². The third-order valence-corrected chi connectivity index (χ3v) is 20.0. The number of ether oxygens (including phenoxy) is 13. The molecule has 9 saturated heterocycles. The fraction of sp³-hybridized carbons (Fsp3) is 0.701. The molecule has 0 atom stereocenters. The number of hydrogen-bond donors (Lipinski definition) is 3. The minimum atomic E-state index is -2.23. The minimum absolute atomic E-state index is 0. The largest absolute Gasteiger partial charge is 0.466 e. The van der Waals surface area contributed by atoms with Crippen LogP contribution in [0.2, 0.25) is 0 Å². The number of amides is 1. The van der Waals surface area contributed by atoms with Gasteiger partial charge in [-0.05, 0) is 117 Å². The number of Topliss-reactive ketones (excluding diaryl/α,β-unsaturated/α-hetero) is 1. The predicted octanol–water partition coefficient (Wildman–Crippen LogP) is 7.43. The number of nitrogens with one attached hydrogen (secondary N) is 1. The molecule has 1 aromatic carbocycles. The molecule has 1 amide bonds. The van der Waals surface area contributed by atoms with Crippen molar-refractivity contribution in [3.8, 4) is 0 Å². The number of carbonyl (C=O) groups excluding carboxylic acids is 8. The molecule has 9 fully saturated rings. The molecule has 10 aliphatic rings. The molecule has 12 rings (SSSR count).